The Morgan fingerprint density at radius 2 is 1.89 bits per heavy atom. The van der Waals surface area contributed by atoms with E-state index in [0.717, 1.165) is 12.1 Å². The minimum absolute atomic E-state index is 0.189. The summed E-state index contributed by atoms with van der Waals surface area (Å²) in [5, 5.41) is 0. The van der Waals surface area contributed by atoms with E-state index >= 15 is 0 Å². The van der Waals surface area contributed by atoms with Crippen molar-refractivity contribution in [2.75, 3.05) is 7.11 Å². The van der Waals surface area contributed by atoms with Gasteiger partial charge < -0.3 is 9.15 Å². The Hall–Kier alpha value is -2.31. The average molecular weight is 271 g/mol. The fourth-order valence-electron chi connectivity index (χ4n) is 1.41. The Labute approximate surface area is 105 Å². The number of esters is 1. The maximum atomic E-state index is 12.4. The van der Waals surface area contributed by atoms with Gasteiger partial charge in [-0.1, -0.05) is 12.1 Å². The molecule has 2 aromatic rings. The monoisotopic (exact) mass is 271 g/mol. The molecule has 0 atom stereocenters. The average Bonchev–Trinajstić information content (AvgIpc) is 2.86. The van der Waals surface area contributed by atoms with Crippen LogP contribution in [-0.4, -0.2) is 18.1 Å². The van der Waals surface area contributed by atoms with E-state index in [4.69, 9.17) is 4.42 Å². The summed E-state index contributed by atoms with van der Waals surface area (Å²) in [6, 6.07) is 4.33. The molecule has 4 nitrogen and oxygen atoms in total. The van der Waals surface area contributed by atoms with Crippen molar-refractivity contribution < 1.29 is 27.1 Å². The third-order valence-electron chi connectivity index (χ3n) is 2.36. The van der Waals surface area contributed by atoms with Crippen LogP contribution in [0.2, 0.25) is 0 Å². The SMILES string of the molecule is COC(=O)c1ncc(-c2ccc(C(F)(F)F)cc2)o1. The van der Waals surface area contributed by atoms with Crippen LogP contribution in [0.1, 0.15) is 16.2 Å². The molecule has 0 aliphatic rings. The summed E-state index contributed by atoms with van der Waals surface area (Å²) >= 11 is 0. The zero-order chi connectivity index (χ0) is 14.0. The standard InChI is InChI=1S/C12H8F3NO3/c1-18-11(17)10-16-6-9(19-10)7-2-4-8(5-3-7)12(13,14)15/h2-6H,1H3. The van der Waals surface area contributed by atoms with Gasteiger partial charge in [0.2, 0.25) is 0 Å². The van der Waals surface area contributed by atoms with Crippen LogP contribution in [0.3, 0.4) is 0 Å². The van der Waals surface area contributed by atoms with Crippen molar-refractivity contribution in [3.63, 3.8) is 0 Å². The first kappa shape index (κ1) is 13.1. The van der Waals surface area contributed by atoms with E-state index in [9.17, 15) is 18.0 Å². The number of benzene rings is 1. The van der Waals surface area contributed by atoms with Crippen molar-refractivity contribution in [1.82, 2.24) is 4.98 Å². The van der Waals surface area contributed by atoms with Crippen molar-refractivity contribution in [3.8, 4) is 11.3 Å². The second-order valence-corrected chi connectivity index (χ2v) is 3.60. The van der Waals surface area contributed by atoms with Crippen LogP contribution in [-0.2, 0) is 10.9 Å². The number of carbonyl (C=O) groups is 1. The molecule has 7 heteroatoms. The van der Waals surface area contributed by atoms with E-state index in [2.05, 4.69) is 9.72 Å². The number of oxazole rings is 1. The number of halogens is 3. The van der Waals surface area contributed by atoms with Gasteiger partial charge in [-0.3, -0.25) is 0 Å². The summed E-state index contributed by atoms with van der Waals surface area (Å²) in [6.45, 7) is 0. The summed E-state index contributed by atoms with van der Waals surface area (Å²) in [5.74, 6) is -0.815. The highest BCUT2D eigenvalue weighted by atomic mass is 19.4. The highest BCUT2D eigenvalue weighted by Crippen LogP contribution is 2.31. The van der Waals surface area contributed by atoms with Gasteiger partial charge >= 0.3 is 18.0 Å². The molecule has 19 heavy (non-hydrogen) atoms. The predicted molar refractivity (Wildman–Crippen MR) is 58.3 cm³/mol. The van der Waals surface area contributed by atoms with Crippen molar-refractivity contribution in [3.05, 3.63) is 41.9 Å². The maximum Gasteiger partial charge on any atom is 0.416 e. The molecule has 0 bridgehead atoms. The van der Waals surface area contributed by atoms with E-state index in [1.54, 1.807) is 0 Å². The molecule has 1 aromatic heterocycles. The number of ether oxygens (including phenoxy) is 1. The number of aromatic nitrogens is 1. The normalized spacial score (nSPS) is 11.4. The molecule has 0 N–H and O–H groups in total. The van der Waals surface area contributed by atoms with Gasteiger partial charge in [0.1, 0.15) is 0 Å². The lowest BCUT2D eigenvalue weighted by molar-refractivity contribution is -0.137. The summed E-state index contributed by atoms with van der Waals surface area (Å²) in [4.78, 5) is 14.8. The van der Waals surface area contributed by atoms with Crippen molar-refractivity contribution >= 4 is 5.97 Å². The van der Waals surface area contributed by atoms with Crippen LogP contribution in [0.4, 0.5) is 13.2 Å². The first-order chi connectivity index (χ1) is 8.91. The number of hydrogen-bond acceptors (Lipinski definition) is 4. The second-order valence-electron chi connectivity index (χ2n) is 3.60. The molecule has 1 aromatic carbocycles. The second kappa shape index (κ2) is 4.75. The summed E-state index contributed by atoms with van der Waals surface area (Å²) in [6.07, 6.45) is -3.15. The number of carbonyl (C=O) groups excluding carboxylic acids is 1. The molecule has 0 aliphatic heterocycles. The fraction of sp³-hybridized carbons (Fsp3) is 0.167. The Morgan fingerprint density at radius 1 is 1.26 bits per heavy atom. The van der Waals surface area contributed by atoms with E-state index < -0.39 is 17.7 Å². The molecule has 0 fully saturated rings. The number of methoxy groups -OCH3 is 1. The smallest absolute Gasteiger partial charge is 0.416 e. The van der Waals surface area contributed by atoms with Crippen molar-refractivity contribution in [1.29, 1.82) is 0 Å². The number of hydrogen-bond donors (Lipinski definition) is 0. The number of alkyl halides is 3. The van der Waals surface area contributed by atoms with E-state index in [0.29, 0.717) is 5.56 Å². The van der Waals surface area contributed by atoms with Crippen LogP contribution in [0.5, 0.6) is 0 Å². The van der Waals surface area contributed by atoms with E-state index in [-0.39, 0.29) is 11.7 Å². The van der Waals surface area contributed by atoms with Gasteiger partial charge in [-0.15, -0.1) is 0 Å². The quantitative estimate of drug-likeness (QED) is 0.787. The highest BCUT2D eigenvalue weighted by Gasteiger charge is 2.30. The summed E-state index contributed by atoms with van der Waals surface area (Å²) in [5.41, 5.74) is -0.375. The number of rotatable bonds is 2. The first-order valence-electron chi connectivity index (χ1n) is 5.13. The van der Waals surface area contributed by atoms with Gasteiger partial charge in [0.15, 0.2) is 5.76 Å². The van der Waals surface area contributed by atoms with Gasteiger partial charge in [-0.05, 0) is 12.1 Å². The van der Waals surface area contributed by atoms with Crippen LogP contribution in [0, 0.1) is 0 Å². The lowest BCUT2D eigenvalue weighted by Gasteiger charge is -2.06. The van der Waals surface area contributed by atoms with Crippen molar-refractivity contribution in [2.24, 2.45) is 0 Å². The Morgan fingerprint density at radius 3 is 2.42 bits per heavy atom. The molecule has 0 unspecified atom stereocenters. The largest absolute Gasteiger partial charge is 0.462 e. The summed E-state index contributed by atoms with van der Waals surface area (Å²) in [7, 11) is 1.17. The van der Waals surface area contributed by atoms with E-state index in [1.807, 2.05) is 0 Å². The van der Waals surface area contributed by atoms with Crippen LogP contribution in [0.25, 0.3) is 11.3 Å². The van der Waals surface area contributed by atoms with Crippen molar-refractivity contribution in [2.45, 2.75) is 6.18 Å². The van der Waals surface area contributed by atoms with Gasteiger partial charge in [-0.2, -0.15) is 13.2 Å². The molecule has 2 rings (SSSR count). The van der Waals surface area contributed by atoms with Gasteiger partial charge in [0.25, 0.3) is 0 Å². The van der Waals surface area contributed by atoms with Gasteiger partial charge in [0.05, 0.1) is 18.9 Å². The molecular formula is C12H8F3NO3. The fourth-order valence-corrected chi connectivity index (χ4v) is 1.41. The molecule has 100 valence electrons. The zero-order valence-corrected chi connectivity index (χ0v) is 9.69. The van der Waals surface area contributed by atoms with Crippen LogP contribution < -0.4 is 0 Å². The Kier molecular flexibility index (Phi) is 3.28. The maximum absolute atomic E-state index is 12.4. The Bertz CT molecular complexity index is 587. The third-order valence-corrected chi connectivity index (χ3v) is 2.36. The molecular weight excluding hydrogens is 263 g/mol. The summed E-state index contributed by atoms with van der Waals surface area (Å²) < 4.78 is 46.6. The molecule has 0 saturated heterocycles. The lowest BCUT2D eigenvalue weighted by Crippen LogP contribution is -2.03. The zero-order valence-electron chi connectivity index (χ0n) is 9.69. The van der Waals surface area contributed by atoms with Crippen LogP contribution >= 0.6 is 0 Å². The highest BCUT2D eigenvalue weighted by molar-refractivity contribution is 5.84. The minimum atomic E-state index is -4.39. The molecule has 0 radical (unpaired) electrons. The minimum Gasteiger partial charge on any atom is -0.462 e. The molecule has 0 amide bonds. The first-order valence-corrected chi connectivity index (χ1v) is 5.13. The van der Waals surface area contributed by atoms with Gasteiger partial charge in [0, 0.05) is 5.56 Å². The predicted octanol–water partition coefficient (Wildman–Crippen LogP) is 3.15. The Balaban J connectivity index is 2.28. The topological polar surface area (TPSA) is 52.3 Å². The van der Waals surface area contributed by atoms with Gasteiger partial charge in [-0.25, -0.2) is 9.78 Å². The molecule has 0 spiro atoms. The third kappa shape index (κ3) is 2.75. The van der Waals surface area contributed by atoms with Crippen LogP contribution in [0.15, 0.2) is 34.9 Å². The molecule has 0 aliphatic carbocycles. The van der Waals surface area contributed by atoms with E-state index in [1.165, 1.54) is 25.4 Å². The molecule has 0 saturated carbocycles. The molecule has 1 heterocycles. The number of nitrogens with zero attached hydrogens (tertiary/aromatic N) is 1. The lowest BCUT2D eigenvalue weighted by atomic mass is 10.1.